The first-order chi connectivity index (χ1) is 34.0. The van der Waals surface area contributed by atoms with Gasteiger partial charge in [0.15, 0.2) is 0 Å². The highest BCUT2D eigenvalue weighted by Crippen LogP contribution is 2.44. The summed E-state index contributed by atoms with van der Waals surface area (Å²) in [5.74, 6) is 0.973. The monoisotopic (exact) mass is 1010 g/mol. The van der Waals surface area contributed by atoms with Crippen molar-refractivity contribution in [3.8, 4) is 0 Å². The molecule has 8 amide bonds. The summed E-state index contributed by atoms with van der Waals surface area (Å²) in [6.45, 7) is 38.7. The summed E-state index contributed by atoms with van der Waals surface area (Å²) in [6.07, 6.45) is 14.1. The van der Waals surface area contributed by atoms with Gasteiger partial charge in [0.2, 0.25) is 47.3 Å². The quantitative estimate of drug-likeness (QED) is 0.154. The van der Waals surface area contributed by atoms with E-state index in [0.29, 0.717) is 64.3 Å². The molecule has 8 rings (SSSR count). The molecule has 8 aliphatic rings. The number of carbonyl (C=O) groups excluding carboxylic acids is 8. The van der Waals surface area contributed by atoms with E-state index in [0.717, 1.165) is 113 Å². The average molecular weight is 1020 g/mol. The minimum Gasteiger partial charge on any atom is -0.342 e. The normalized spacial score (nSPS) is 28.4. The molecular formula is C57H90N8O8. The second-order valence-electron chi connectivity index (χ2n) is 24.9. The molecular weight excluding hydrogens is 925 g/mol. The summed E-state index contributed by atoms with van der Waals surface area (Å²) < 4.78 is 0. The molecule has 8 aliphatic heterocycles. The van der Waals surface area contributed by atoms with Crippen LogP contribution < -0.4 is 21.3 Å². The summed E-state index contributed by atoms with van der Waals surface area (Å²) in [5, 5.41) is 11.2. The molecule has 0 radical (unpaired) electrons. The number of unbranched alkanes of at least 4 members (excludes halogenated alkanes) is 3. The summed E-state index contributed by atoms with van der Waals surface area (Å²) in [5.41, 5.74) is 0.986. The first kappa shape index (κ1) is 58.6. The molecule has 0 aromatic rings. The van der Waals surface area contributed by atoms with Crippen LogP contribution in [0.3, 0.4) is 0 Å². The predicted molar refractivity (Wildman–Crippen MR) is 283 cm³/mol. The Bertz CT molecular complexity index is 2210. The van der Waals surface area contributed by atoms with E-state index < -0.39 is 21.7 Å². The Labute approximate surface area is 436 Å². The molecule has 0 saturated carbocycles. The van der Waals surface area contributed by atoms with Gasteiger partial charge in [0, 0.05) is 99.8 Å². The Morgan fingerprint density at radius 1 is 0.493 bits per heavy atom. The highest BCUT2D eigenvalue weighted by Gasteiger charge is 2.54. The number of amides is 8. The van der Waals surface area contributed by atoms with Gasteiger partial charge in [-0.05, 0) is 95.8 Å². The third-order valence-electron chi connectivity index (χ3n) is 16.5. The van der Waals surface area contributed by atoms with Crippen molar-refractivity contribution in [2.75, 3.05) is 45.8 Å². The Morgan fingerprint density at radius 3 is 1.21 bits per heavy atom. The fourth-order valence-electron chi connectivity index (χ4n) is 11.3. The second kappa shape index (κ2) is 23.5. The number of piperidine rings is 4. The number of nitrogens with one attached hydrogen (secondary N) is 4. The molecule has 4 N–H and O–H groups in total. The maximum Gasteiger partial charge on any atom is 0.232 e. The molecule has 8 heterocycles. The van der Waals surface area contributed by atoms with Crippen LogP contribution in [-0.4, -0.2) is 118 Å². The van der Waals surface area contributed by atoms with Crippen LogP contribution in [0, 0.1) is 33.0 Å². The molecule has 0 bridgehead atoms. The van der Waals surface area contributed by atoms with E-state index in [1.807, 2.05) is 19.6 Å². The minimum absolute atomic E-state index is 0.00634. The molecule has 4 unspecified atom stereocenters. The van der Waals surface area contributed by atoms with E-state index in [9.17, 15) is 38.4 Å². The van der Waals surface area contributed by atoms with Crippen molar-refractivity contribution >= 4 is 47.3 Å². The summed E-state index contributed by atoms with van der Waals surface area (Å²) in [4.78, 5) is 104. The van der Waals surface area contributed by atoms with E-state index in [4.69, 9.17) is 0 Å². The van der Waals surface area contributed by atoms with Crippen LogP contribution in [-0.2, 0) is 38.4 Å². The Hall–Kier alpha value is -5.28. The van der Waals surface area contributed by atoms with E-state index in [1.165, 1.54) is 12.8 Å². The van der Waals surface area contributed by atoms with Crippen molar-refractivity contribution in [3.05, 3.63) is 49.1 Å². The fraction of sp³-hybridized carbons (Fsp3) is 0.719. The fourth-order valence-corrected chi connectivity index (χ4v) is 11.3. The summed E-state index contributed by atoms with van der Waals surface area (Å²) in [7, 11) is 0. The van der Waals surface area contributed by atoms with Crippen LogP contribution in [0.25, 0.3) is 0 Å². The third-order valence-corrected chi connectivity index (χ3v) is 16.5. The van der Waals surface area contributed by atoms with Gasteiger partial charge in [-0.15, -0.1) is 0 Å². The van der Waals surface area contributed by atoms with Crippen molar-refractivity contribution in [1.82, 2.24) is 40.9 Å². The van der Waals surface area contributed by atoms with Gasteiger partial charge in [-0.2, -0.15) is 0 Å². The number of hydrogen-bond donors (Lipinski definition) is 4. The molecule has 0 aliphatic carbocycles. The maximum absolute atomic E-state index is 12.2. The Balaban J connectivity index is 0.000000181. The van der Waals surface area contributed by atoms with E-state index in [2.05, 4.69) is 110 Å². The summed E-state index contributed by atoms with van der Waals surface area (Å²) in [6, 6.07) is 0. The lowest BCUT2D eigenvalue weighted by atomic mass is 9.78. The van der Waals surface area contributed by atoms with Gasteiger partial charge in [0.1, 0.15) is 0 Å². The van der Waals surface area contributed by atoms with Gasteiger partial charge < -0.3 is 40.9 Å². The van der Waals surface area contributed by atoms with E-state index >= 15 is 0 Å². The van der Waals surface area contributed by atoms with Crippen LogP contribution in [0.2, 0.25) is 0 Å². The number of nitrogens with zero attached hydrogens (tertiary/aromatic N) is 4. The zero-order valence-electron chi connectivity index (χ0n) is 46.1. The highest BCUT2D eigenvalue weighted by atomic mass is 16.2. The molecule has 4 atom stereocenters. The van der Waals surface area contributed by atoms with Crippen LogP contribution in [0.4, 0.5) is 0 Å². The lowest BCUT2D eigenvalue weighted by Gasteiger charge is -2.38. The van der Waals surface area contributed by atoms with Crippen molar-refractivity contribution in [1.29, 1.82) is 0 Å². The SMILES string of the molecule is C=C1CCC2(CC(=O)N(C(C)(C)CC)C2)C(=O)N1.C=C1CCC2(CC(=O)N(CC(C)(C)C)C2)C(=O)N1.C=C1CCC2(CC(=O)N(CCC(C)C)C2)C(=O)N1.C=C1CCC2(CC(=O)N(CCCCCC)C2)C(=O)N1. The molecule has 406 valence electrons. The number of carbonyl (C=O) groups is 8. The van der Waals surface area contributed by atoms with Crippen LogP contribution in [0.15, 0.2) is 49.1 Å². The Kier molecular flexibility index (Phi) is 18.9. The number of allylic oxidation sites excluding steroid dienone is 4. The van der Waals surface area contributed by atoms with E-state index in [1.54, 1.807) is 0 Å². The molecule has 16 heteroatoms. The van der Waals surface area contributed by atoms with Crippen LogP contribution >= 0.6 is 0 Å². The standard InChI is InChI=1S/C15H24N2O2.3C14H22N2O2/c1-3-4-5-6-9-17-11-15(10-13(17)18)8-7-12(2)16-14(15)19;1-10-5-6-14(12(18)15-10)7-11(17)16(9-14)8-13(2,3)4;1-10(2)5-7-16-9-14(8-12(16)17)6-4-11(3)15-13(14)18;1-5-13(3,4)16-9-14(8-11(16)17)7-6-10(2)15-12(14)18/h2-11H2,1H3,(H,16,19);1,5-9H2,2-4H3,(H,15,18);10H,3-9H2,1-2H3,(H,15,18);2,5-9H2,1,3-4H3,(H,15,18). The first-order valence-electron chi connectivity index (χ1n) is 27.1. The minimum atomic E-state index is -0.523. The van der Waals surface area contributed by atoms with Crippen molar-refractivity contribution in [2.24, 2.45) is 33.0 Å². The zero-order valence-corrected chi connectivity index (χ0v) is 46.1. The van der Waals surface area contributed by atoms with Crippen LogP contribution in [0.1, 0.15) is 178 Å². The average Bonchev–Trinajstić information content (AvgIpc) is 4.03. The smallest absolute Gasteiger partial charge is 0.232 e. The van der Waals surface area contributed by atoms with Gasteiger partial charge in [0.05, 0.1) is 21.7 Å². The Morgan fingerprint density at radius 2 is 0.849 bits per heavy atom. The lowest BCUT2D eigenvalue weighted by molar-refractivity contribution is -0.134. The molecule has 8 fully saturated rings. The van der Waals surface area contributed by atoms with Gasteiger partial charge in [-0.1, -0.05) is 94.0 Å². The lowest BCUT2D eigenvalue weighted by Crippen LogP contribution is -2.49. The van der Waals surface area contributed by atoms with Gasteiger partial charge in [0.25, 0.3) is 0 Å². The van der Waals surface area contributed by atoms with Gasteiger partial charge in [-0.25, -0.2) is 0 Å². The molecule has 0 aromatic carbocycles. The second-order valence-corrected chi connectivity index (χ2v) is 24.9. The third kappa shape index (κ3) is 14.3. The molecule has 0 aromatic heterocycles. The largest absolute Gasteiger partial charge is 0.342 e. The van der Waals surface area contributed by atoms with E-state index in [-0.39, 0.29) is 58.2 Å². The molecule has 8 saturated heterocycles. The number of hydrogen-bond acceptors (Lipinski definition) is 8. The van der Waals surface area contributed by atoms with Gasteiger partial charge in [-0.3, -0.25) is 38.4 Å². The topological polar surface area (TPSA) is 198 Å². The number of rotatable bonds is 11. The van der Waals surface area contributed by atoms with Gasteiger partial charge >= 0.3 is 0 Å². The predicted octanol–water partition coefficient (Wildman–Crippen LogP) is 7.38. The summed E-state index contributed by atoms with van der Waals surface area (Å²) >= 11 is 0. The van der Waals surface area contributed by atoms with Crippen LogP contribution in [0.5, 0.6) is 0 Å². The molecule has 73 heavy (non-hydrogen) atoms. The first-order valence-corrected chi connectivity index (χ1v) is 27.1. The van der Waals surface area contributed by atoms with Crippen molar-refractivity contribution in [2.45, 2.75) is 183 Å². The zero-order chi connectivity index (χ0) is 54.3. The molecule has 16 nitrogen and oxygen atoms in total. The van der Waals surface area contributed by atoms with Crippen molar-refractivity contribution in [3.63, 3.8) is 0 Å². The number of likely N-dealkylation sites (tertiary alicyclic amines) is 4. The van der Waals surface area contributed by atoms with Crippen molar-refractivity contribution < 1.29 is 38.4 Å². The molecule has 4 spiro atoms. The maximum atomic E-state index is 12.2. The highest BCUT2D eigenvalue weighted by molar-refractivity contribution is 5.96.